The molecule has 1 aromatic heterocycles. The van der Waals surface area contributed by atoms with Crippen LogP contribution < -0.4 is 11.1 Å². The second-order valence-corrected chi connectivity index (χ2v) is 5.19. The third-order valence-electron chi connectivity index (χ3n) is 3.73. The monoisotopic (exact) mass is 286 g/mol. The van der Waals surface area contributed by atoms with Gasteiger partial charge < -0.3 is 11.1 Å². The van der Waals surface area contributed by atoms with Crippen molar-refractivity contribution >= 4 is 5.91 Å². The number of nitrogens with two attached hydrogens (primary N) is 1. The van der Waals surface area contributed by atoms with Gasteiger partial charge in [0.15, 0.2) is 0 Å². The molecule has 0 aliphatic carbocycles. The SMILES string of the molecule is Cc1nn(C)c(C)c1CNC(=O)c1ccc(CCN)cc1. The molecule has 0 fully saturated rings. The van der Waals surface area contributed by atoms with E-state index in [0.717, 1.165) is 28.9 Å². The third kappa shape index (κ3) is 3.49. The van der Waals surface area contributed by atoms with Crippen LogP contribution in [0.25, 0.3) is 0 Å². The molecule has 2 rings (SSSR count). The Balaban J connectivity index is 2.01. The highest BCUT2D eigenvalue weighted by molar-refractivity contribution is 5.94. The summed E-state index contributed by atoms with van der Waals surface area (Å²) in [4.78, 5) is 12.2. The maximum absolute atomic E-state index is 12.2. The van der Waals surface area contributed by atoms with E-state index >= 15 is 0 Å². The van der Waals surface area contributed by atoms with Crippen LogP contribution in [0.3, 0.4) is 0 Å². The van der Waals surface area contributed by atoms with Crippen molar-refractivity contribution in [2.75, 3.05) is 6.54 Å². The number of amides is 1. The number of aryl methyl sites for hydroxylation is 2. The van der Waals surface area contributed by atoms with E-state index in [1.54, 1.807) is 0 Å². The molecule has 5 nitrogen and oxygen atoms in total. The van der Waals surface area contributed by atoms with Gasteiger partial charge in [0, 0.05) is 30.4 Å². The maximum Gasteiger partial charge on any atom is 0.251 e. The summed E-state index contributed by atoms with van der Waals surface area (Å²) in [6.07, 6.45) is 0.829. The van der Waals surface area contributed by atoms with Gasteiger partial charge >= 0.3 is 0 Å². The topological polar surface area (TPSA) is 72.9 Å². The van der Waals surface area contributed by atoms with E-state index in [4.69, 9.17) is 5.73 Å². The average Bonchev–Trinajstić information content (AvgIpc) is 2.71. The summed E-state index contributed by atoms with van der Waals surface area (Å²) in [5.41, 5.74) is 10.4. The molecule has 0 unspecified atom stereocenters. The van der Waals surface area contributed by atoms with Crippen LogP contribution in [0.1, 0.15) is 32.9 Å². The van der Waals surface area contributed by atoms with E-state index in [1.165, 1.54) is 0 Å². The normalized spacial score (nSPS) is 10.7. The van der Waals surface area contributed by atoms with Gasteiger partial charge in [-0.15, -0.1) is 0 Å². The predicted molar refractivity (Wildman–Crippen MR) is 83.1 cm³/mol. The Hall–Kier alpha value is -2.14. The molecule has 1 aromatic carbocycles. The summed E-state index contributed by atoms with van der Waals surface area (Å²) in [5, 5.41) is 7.29. The maximum atomic E-state index is 12.2. The number of nitrogens with one attached hydrogen (secondary N) is 1. The number of hydrogen-bond acceptors (Lipinski definition) is 3. The first-order valence-electron chi connectivity index (χ1n) is 7.09. The Morgan fingerprint density at radius 3 is 2.48 bits per heavy atom. The molecule has 0 bridgehead atoms. The van der Waals surface area contributed by atoms with Crippen molar-refractivity contribution in [1.82, 2.24) is 15.1 Å². The van der Waals surface area contributed by atoms with Crippen LogP contribution in [0.4, 0.5) is 0 Å². The summed E-state index contributed by atoms with van der Waals surface area (Å²) in [5.74, 6) is -0.0723. The van der Waals surface area contributed by atoms with Gasteiger partial charge in [0.05, 0.1) is 5.69 Å². The van der Waals surface area contributed by atoms with E-state index < -0.39 is 0 Å². The lowest BCUT2D eigenvalue weighted by atomic mass is 10.1. The summed E-state index contributed by atoms with van der Waals surface area (Å²) in [6.45, 7) is 5.07. The fourth-order valence-electron chi connectivity index (χ4n) is 2.33. The highest BCUT2D eigenvalue weighted by atomic mass is 16.1. The van der Waals surface area contributed by atoms with Crippen LogP contribution in [0.5, 0.6) is 0 Å². The quantitative estimate of drug-likeness (QED) is 0.874. The van der Waals surface area contributed by atoms with Crippen molar-refractivity contribution in [1.29, 1.82) is 0 Å². The van der Waals surface area contributed by atoms with Crippen LogP contribution in [0.15, 0.2) is 24.3 Å². The molecule has 3 N–H and O–H groups in total. The Labute approximate surface area is 125 Å². The first-order valence-corrected chi connectivity index (χ1v) is 7.09. The Bertz CT molecular complexity index is 628. The van der Waals surface area contributed by atoms with Crippen molar-refractivity contribution in [3.05, 3.63) is 52.3 Å². The minimum atomic E-state index is -0.0723. The van der Waals surface area contributed by atoms with Crippen LogP contribution in [-0.2, 0) is 20.0 Å². The number of aromatic nitrogens is 2. The number of carbonyl (C=O) groups is 1. The van der Waals surface area contributed by atoms with Gasteiger partial charge in [-0.1, -0.05) is 12.1 Å². The molecule has 0 spiro atoms. The Morgan fingerprint density at radius 2 is 1.95 bits per heavy atom. The zero-order valence-corrected chi connectivity index (χ0v) is 12.8. The van der Waals surface area contributed by atoms with Gasteiger partial charge in [0.25, 0.3) is 5.91 Å². The molecule has 0 atom stereocenters. The van der Waals surface area contributed by atoms with Crippen molar-refractivity contribution < 1.29 is 4.79 Å². The van der Waals surface area contributed by atoms with Gasteiger partial charge in [-0.2, -0.15) is 5.10 Å². The zero-order chi connectivity index (χ0) is 15.4. The van der Waals surface area contributed by atoms with Crippen LogP contribution in [0, 0.1) is 13.8 Å². The van der Waals surface area contributed by atoms with E-state index in [1.807, 2.05) is 49.8 Å². The van der Waals surface area contributed by atoms with Crippen molar-refractivity contribution in [3.8, 4) is 0 Å². The molecule has 5 heteroatoms. The van der Waals surface area contributed by atoms with E-state index in [-0.39, 0.29) is 5.91 Å². The van der Waals surface area contributed by atoms with E-state index in [0.29, 0.717) is 18.7 Å². The van der Waals surface area contributed by atoms with Crippen molar-refractivity contribution in [3.63, 3.8) is 0 Å². The number of benzene rings is 1. The smallest absolute Gasteiger partial charge is 0.251 e. The summed E-state index contributed by atoms with van der Waals surface area (Å²) in [7, 11) is 1.91. The minimum Gasteiger partial charge on any atom is -0.348 e. The second kappa shape index (κ2) is 6.54. The van der Waals surface area contributed by atoms with Crippen LogP contribution in [0.2, 0.25) is 0 Å². The lowest BCUT2D eigenvalue weighted by Crippen LogP contribution is -2.23. The average molecular weight is 286 g/mol. The Kier molecular flexibility index (Phi) is 4.75. The lowest BCUT2D eigenvalue weighted by Gasteiger charge is -2.07. The van der Waals surface area contributed by atoms with Gasteiger partial charge in [0.1, 0.15) is 0 Å². The standard InChI is InChI=1S/C16H22N4O/c1-11-15(12(2)20(3)19-11)10-18-16(21)14-6-4-13(5-7-14)8-9-17/h4-7H,8-10,17H2,1-3H3,(H,18,21). The lowest BCUT2D eigenvalue weighted by molar-refractivity contribution is 0.0951. The second-order valence-electron chi connectivity index (χ2n) is 5.19. The van der Waals surface area contributed by atoms with Gasteiger partial charge in [-0.05, 0) is 44.5 Å². The van der Waals surface area contributed by atoms with Gasteiger partial charge in [-0.3, -0.25) is 9.48 Å². The molecule has 2 aromatic rings. The van der Waals surface area contributed by atoms with E-state index in [2.05, 4.69) is 10.4 Å². The molecule has 21 heavy (non-hydrogen) atoms. The fourth-order valence-corrected chi connectivity index (χ4v) is 2.33. The highest BCUT2D eigenvalue weighted by Crippen LogP contribution is 2.12. The molecular formula is C16H22N4O. The molecule has 0 saturated heterocycles. The number of carbonyl (C=O) groups excluding carboxylic acids is 1. The number of rotatable bonds is 5. The number of hydrogen-bond donors (Lipinski definition) is 2. The minimum absolute atomic E-state index is 0.0723. The predicted octanol–water partition coefficient (Wildman–Crippen LogP) is 1.47. The fraction of sp³-hybridized carbons (Fsp3) is 0.375. The molecule has 0 aliphatic heterocycles. The number of nitrogens with zero attached hydrogens (tertiary/aromatic N) is 2. The van der Waals surface area contributed by atoms with Gasteiger partial charge in [0.2, 0.25) is 0 Å². The molecule has 112 valence electrons. The molecule has 0 radical (unpaired) electrons. The molecule has 0 saturated carbocycles. The van der Waals surface area contributed by atoms with E-state index in [9.17, 15) is 4.79 Å². The highest BCUT2D eigenvalue weighted by Gasteiger charge is 2.11. The largest absolute Gasteiger partial charge is 0.348 e. The molecular weight excluding hydrogens is 264 g/mol. The third-order valence-corrected chi connectivity index (χ3v) is 3.73. The molecule has 1 amide bonds. The summed E-state index contributed by atoms with van der Waals surface area (Å²) >= 11 is 0. The van der Waals surface area contributed by atoms with Gasteiger partial charge in [-0.25, -0.2) is 0 Å². The first-order chi connectivity index (χ1) is 10.0. The van der Waals surface area contributed by atoms with Crippen molar-refractivity contribution in [2.45, 2.75) is 26.8 Å². The van der Waals surface area contributed by atoms with Crippen molar-refractivity contribution in [2.24, 2.45) is 12.8 Å². The van der Waals surface area contributed by atoms with Crippen LogP contribution >= 0.6 is 0 Å². The first kappa shape index (κ1) is 15.3. The zero-order valence-electron chi connectivity index (χ0n) is 12.8. The summed E-state index contributed by atoms with van der Waals surface area (Å²) < 4.78 is 1.83. The van der Waals surface area contributed by atoms with Crippen LogP contribution in [-0.4, -0.2) is 22.2 Å². The molecule has 0 aliphatic rings. The molecule has 1 heterocycles. The summed E-state index contributed by atoms with van der Waals surface area (Å²) in [6, 6.07) is 7.57. The Morgan fingerprint density at radius 1 is 1.29 bits per heavy atom.